The number of benzene rings is 1. The second-order valence-electron chi connectivity index (χ2n) is 1.98. The van der Waals surface area contributed by atoms with E-state index < -0.39 is 0 Å². The minimum atomic E-state index is 0.405. The van der Waals surface area contributed by atoms with Gasteiger partial charge in [-0.25, -0.2) is 0 Å². The van der Waals surface area contributed by atoms with Gasteiger partial charge in [-0.05, 0) is 18.6 Å². The van der Waals surface area contributed by atoms with Crippen LogP contribution in [0.2, 0.25) is 5.02 Å². The Labute approximate surface area is 64.9 Å². The summed E-state index contributed by atoms with van der Waals surface area (Å²) in [7, 11) is 0. The second kappa shape index (κ2) is 2.72. The molecule has 0 fully saturated rings. The van der Waals surface area contributed by atoms with Gasteiger partial charge in [-0.3, -0.25) is 0 Å². The average Bonchev–Trinajstić information content (AvgIpc) is 1.88. The van der Waals surface area contributed by atoms with Crippen molar-refractivity contribution in [1.82, 2.24) is 0 Å². The first-order valence-electron chi connectivity index (χ1n) is 2.82. The SMILES string of the molecule is Cc1[c]c(Cl)c(C#N)cc1. The van der Waals surface area contributed by atoms with Crippen molar-refractivity contribution in [3.8, 4) is 6.07 Å². The summed E-state index contributed by atoms with van der Waals surface area (Å²) in [6.07, 6.45) is 0. The number of aryl methyl sites for hydroxylation is 1. The highest BCUT2D eigenvalue weighted by molar-refractivity contribution is 6.31. The lowest BCUT2D eigenvalue weighted by molar-refractivity contribution is 1.42. The molecule has 1 aromatic carbocycles. The Hall–Kier alpha value is -1.00. The smallest absolute Gasteiger partial charge is 0.101 e. The lowest BCUT2D eigenvalue weighted by atomic mass is 10.2. The first kappa shape index (κ1) is 7.11. The van der Waals surface area contributed by atoms with Gasteiger partial charge in [0.2, 0.25) is 0 Å². The molecule has 0 amide bonds. The van der Waals surface area contributed by atoms with Crippen molar-refractivity contribution in [1.29, 1.82) is 5.26 Å². The van der Waals surface area contributed by atoms with Gasteiger partial charge in [-0.15, -0.1) is 0 Å². The molecule has 0 saturated carbocycles. The molecule has 0 aliphatic heterocycles. The maximum Gasteiger partial charge on any atom is 0.101 e. The Bertz CT molecular complexity index is 286. The van der Waals surface area contributed by atoms with E-state index >= 15 is 0 Å². The minimum Gasteiger partial charge on any atom is -0.192 e. The van der Waals surface area contributed by atoms with Crippen molar-refractivity contribution in [3.05, 3.63) is 34.3 Å². The maximum atomic E-state index is 8.45. The molecule has 0 aliphatic rings. The van der Waals surface area contributed by atoms with Crippen LogP contribution >= 0.6 is 11.6 Å². The molecule has 49 valence electrons. The third kappa shape index (κ3) is 1.29. The summed E-state index contributed by atoms with van der Waals surface area (Å²) in [4.78, 5) is 0. The van der Waals surface area contributed by atoms with Crippen LogP contribution < -0.4 is 0 Å². The molecule has 1 rings (SSSR count). The molecule has 1 aromatic rings. The minimum absolute atomic E-state index is 0.405. The molecule has 1 radical (unpaired) electrons. The molecular formula is C8H5ClN. The van der Waals surface area contributed by atoms with E-state index in [1.807, 2.05) is 19.1 Å². The molecule has 1 nitrogen and oxygen atoms in total. The Morgan fingerprint density at radius 2 is 2.30 bits per heavy atom. The highest BCUT2D eigenvalue weighted by atomic mass is 35.5. The van der Waals surface area contributed by atoms with Gasteiger partial charge in [0.1, 0.15) is 6.07 Å². The van der Waals surface area contributed by atoms with E-state index in [0.717, 1.165) is 5.56 Å². The van der Waals surface area contributed by atoms with Crippen molar-refractivity contribution in [3.63, 3.8) is 0 Å². The fraction of sp³-hybridized carbons (Fsp3) is 0.125. The monoisotopic (exact) mass is 150 g/mol. The summed E-state index contributed by atoms with van der Waals surface area (Å²) in [5, 5.41) is 8.86. The second-order valence-corrected chi connectivity index (χ2v) is 2.36. The van der Waals surface area contributed by atoms with Gasteiger partial charge in [0.25, 0.3) is 0 Å². The van der Waals surface area contributed by atoms with Gasteiger partial charge in [0.15, 0.2) is 0 Å². The largest absolute Gasteiger partial charge is 0.192 e. The Balaban J connectivity index is 3.23. The van der Waals surface area contributed by atoms with Crippen molar-refractivity contribution in [2.45, 2.75) is 6.92 Å². The lowest BCUT2D eigenvalue weighted by Crippen LogP contribution is -1.78. The molecule has 0 atom stereocenters. The van der Waals surface area contributed by atoms with Crippen LogP contribution in [0.25, 0.3) is 0 Å². The predicted octanol–water partition coefficient (Wildman–Crippen LogP) is 2.32. The Morgan fingerprint density at radius 3 is 2.80 bits per heavy atom. The first-order valence-corrected chi connectivity index (χ1v) is 3.20. The van der Waals surface area contributed by atoms with Crippen molar-refractivity contribution >= 4 is 11.6 Å². The van der Waals surface area contributed by atoms with Crippen LogP contribution in [0.5, 0.6) is 0 Å². The molecule has 0 aromatic heterocycles. The zero-order valence-corrected chi connectivity index (χ0v) is 6.24. The van der Waals surface area contributed by atoms with Crippen molar-refractivity contribution < 1.29 is 0 Å². The number of nitrogens with zero attached hydrogens (tertiary/aromatic N) is 1. The third-order valence-corrected chi connectivity index (χ3v) is 1.46. The molecule has 0 saturated heterocycles. The Morgan fingerprint density at radius 1 is 1.60 bits per heavy atom. The summed E-state index contributed by atoms with van der Waals surface area (Å²) in [5.41, 5.74) is 1.43. The van der Waals surface area contributed by atoms with E-state index in [1.54, 1.807) is 6.07 Å². The summed E-state index contributed by atoms with van der Waals surface area (Å²) in [5.74, 6) is 0. The topological polar surface area (TPSA) is 23.8 Å². The zero-order chi connectivity index (χ0) is 7.56. The number of halogens is 1. The van der Waals surface area contributed by atoms with E-state index in [1.165, 1.54) is 0 Å². The third-order valence-electron chi connectivity index (χ3n) is 1.16. The summed E-state index contributed by atoms with van der Waals surface area (Å²) in [6.45, 7) is 1.88. The number of hydrogen-bond acceptors (Lipinski definition) is 1. The van der Waals surface area contributed by atoms with E-state index in [9.17, 15) is 0 Å². The molecule has 10 heavy (non-hydrogen) atoms. The normalized spacial score (nSPS) is 8.90. The van der Waals surface area contributed by atoms with E-state index in [2.05, 4.69) is 6.07 Å². The zero-order valence-electron chi connectivity index (χ0n) is 5.48. The molecule has 0 spiro atoms. The maximum absolute atomic E-state index is 8.45. The summed E-state index contributed by atoms with van der Waals surface area (Å²) < 4.78 is 0. The van der Waals surface area contributed by atoms with Gasteiger partial charge >= 0.3 is 0 Å². The first-order chi connectivity index (χ1) is 4.74. The lowest BCUT2D eigenvalue weighted by Gasteiger charge is -1.93. The number of rotatable bonds is 0. The van der Waals surface area contributed by atoms with Crippen molar-refractivity contribution in [2.75, 3.05) is 0 Å². The molecule has 0 unspecified atom stereocenters. The quantitative estimate of drug-likeness (QED) is 0.557. The van der Waals surface area contributed by atoms with Crippen LogP contribution in [-0.4, -0.2) is 0 Å². The van der Waals surface area contributed by atoms with Crippen LogP contribution in [0.3, 0.4) is 0 Å². The van der Waals surface area contributed by atoms with Crippen LogP contribution in [0, 0.1) is 24.3 Å². The molecule has 0 N–H and O–H groups in total. The number of nitriles is 1. The van der Waals surface area contributed by atoms with Gasteiger partial charge < -0.3 is 0 Å². The Kier molecular flexibility index (Phi) is 1.94. The van der Waals surface area contributed by atoms with E-state index in [-0.39, 0.29) is 0 Å². The van der Waals surface area contributed by atoms with E-state index in [0.29, 0.717) is 10.6 Å². The standard InChI is InChI=1S/C8H5ClN/c1-6-2-3-7(5-10)8(9)4-6/h2-3H,1H3. The molecule has 0 bridgehead atoms. The molecule has 0 heterocycles. The highest BCUT2D eigenvalue weighted by Gasteiger charge is 1.96. The van der Waals surface area contributed by atoms with Gasteiger partial charge in [-0.2, -0.15) is 5.26 Å². The van der Waals surface area contributed by atoms with Crippen LogP contribution in [0.1, 0.15) is 11.1 Å². The van der Waals surface area contributed by atoms with E-state index in [4.69, 9.17) is 16.9 Å². The molecular weight excluding hydrogens is 146 g/mol. The highest BCUT2D eigenvalue weighted by Crippen LogP contribution is 2.14. The average molecular weight is 151 g/mol. The fourth-order valence-corrected chi connectivity index (χ4v) is 0.904. The van der Waals surface area contributed by atoms with Gasteiger partial charge in [-0.1, -0.05) is 17.7 Å². The van der Waals surface area contributed by atoms with Gasteiger partial charge in [0, 0.05) is 6.07 Å². The van der Waals surface area contributed by atoms with Crippen LogP contribution in [0.4, 0.5) is 0 Å². The molecule has 0 aliphatic carbocycles. The number of hydrogen-bond donors (Lipinski definition) is 0. The predicted molar refractivity (Wildman–Crippen MR) is 39.7 cm³/mol. The fourth-order valence-electron chi connectivity index (χ4n) is 0.650. The summed E-state index contributed by atoms with van der Waals surface area (Å²) in [6, 6.07) is 8.29. The van der Waals surface area contributed by atoms with Crippen LogP contribution in [0.15, 0.2) is 12.1 Å². The van der Waals surface area contributed by atoms with Crippen molar-refractivity contribution in [2.24, 2.45) is 0 Å². The van der Waals surface area contributed by atoms with Gasteiger partial charge in [0.05, 0.1) is 10.6 Å². The molecule has 2 heteroatoms. The summed E-state index contributed by atoms with van der Waals surface area (Å²) >= 11 is 5.65. The van der Waals surface area contributed by atoms with Crippen LogP contribution in [-0.2, 0) is 0 Å².